The van der Waals surface area contributed by atoms with E-state index in [0.29, 0.717) is 6.61 Å². The first-order valence-electron chi connectivity index (χ1n) is 9.71. The van der Waals surface area contributed by atoms with Crippen molar-refractivity contribution in [3.05, 3.63) is 88.4 Å². The van der Waals surface area contributed by atoms with Crippen LogP contribution in [0, 0.1) is 0 Å². The van der Waals surface area contributed by atoms with E-state index in [-0.39, 0.29) is 0 Å². The van der Waals surface area contributed by atoms with E-state index < -0.39 is 0 Å². The van der Waals surface area contributed by atoms with Crippen LogP contribution >= 0.6 is 15.9 Å². The molecule has 1 saturated heterocycles. The number of hydrogen-bond donors (Lipinski definition) is 0. The van der Waals surface area contributed by atoms with Gasteiger partial charge in [0.05, 0.1) is 23.4 Å². The Hall–Kier alpha value is -2.63. The van der Waals surface area contributed by atoms with Crippen molar-refractivity contribution in [2.24, 2.45) is 4.99 Å². The number of morpholine rings is 1. The molecule has 4 rings (SSSR count). The highest BCUT2D eigenvalue weighted by Gasteiger charge is 2.10. The average molecular weight is 451 g/mol. The lowest BCUT2D eigenvalue weighted by molar-refractivity contribution is 0.122. The van der Waals surface area contributed by atoms with Crippen LogP contribution in [0.25, 0.3) is 0 Å². The van der Waals surface area contributed by atoms with Crippen LogP contribution in [0.1, 0.15) is 11.1 Å². The summed E-state index contributed by atoms with van der Waals surface area (Å²) in [7, 11) is 0. The number of rotatable bonds is 6. The van der Waals surface area contributed by atoms with Crippen molar-refractivity contribution in [2.75, 3.05) is 31.2 Å². The molecular weight excluding hydrogens is 428 g/mol. The number of nitrogens with zero attached hydrogens (tertiary/aromatic N) is 2. The van der Waals surface area contributed by atoms with Crippen LogP contribution in [-0.2, 0) is 11.3 Å². The SMILES string of the molecule is Brc1cc(C=Nc2ccc(N3CCOCC3)cc2)ccc1OCc1ccccc1. The van der Waals surface area contributed by atoms with Gasteiger partial charge in [0.15, 0.2) is 0 Å². The molecule has 0 radical (unpaired) electrons. The van der Waals surface area contributed by atoms with Crippen LogP contribution in [0.15, 0.2) is 82.3 Å². The molecule has 148 valence electrons. The molecule has 0 saturated carbocycles. The summed E-state index contributed by atoms with van der Waals surface area (Å²) in [6.07, 6.45) is 1.87. The highest BCUT2D eigenvalue weighted by atomic mass is 79.9. The predicted octanol–water partition coefficient (Wildman–Crippen LogP) is 5.62. The molecule has 0 aromatic heterocycles. The van der Waals surface area contributed by atoms with Crippen molar-refractivity contribution >= 4 is 33.5 Å². The second-order valence-electron chi connectivity index (χ2n) is 6.84. The van der Waals surface area contributed by atoms with Gasteiger partial charge in [-0.25, -0.2) is 0 Å². The Morgan fingerprint density at radius 2 is 1.72 bits per heavy atom. The standard InChI is InChI=1S/C24H23BrN2O2/c25-23-16-20(6-11-24(23)29-18-19-4-2-1-3-5-19)17-26-21-7-9-22(10-8-21)27-12-14-28-15-13-27/h1-11,16-17H,12-15,18H2. The van der Waals surface area contributed by atoms with Gasteiger partial charge in [0.25, 0.3) is 0 Å². The molecule has 0 aliphatic carbocycles. The van der Waals surface area contributed by atoms with Gasteiger partial charge in [-0.1, -0.05) is 30.3 Å². The summed E-state index contributed by atoms with van der Waals surface area (Å²) in [5.74, 6) is 0.820. The molecule has 4 nitrogen and oxygen atoms in total. The van der Waals surface area contributed by atoms with Crippen LogP contribution in [0.2, 0.25) is 0 Å². The Balaban J connectivity index is 1.37. The second-order valence-corrected chi connectivity index (χ2v) is 7.69. The first kappa shape index (κ1) is 19.7. The van der Waals surface area contributed by atoms with Crippen LogP contribution in [-0.4, -0.2) is 32.5 Å². The summed E-state index contributed by atoms with van der Waals surface area (Å²) in [5.41, 5.74) is 4.31. The third-order valence-corrected chi connectivity index (χ3v) is 5.40. The molecule has 1 aliphatic rings. The van der Waals surface area contributed by atoms with Gasteiger partial charge in [0, 0.05) is 25.0 Å². The van der Waals surface area contributed by atoms with Gasteiger partial charge in [-0.2, -0.15) is 0 Å². The summed E-state index contributed by atoms with van der Waals surface area (Å²) in [6.45, 7) is 4.01. The summed E-state index contributed by atoms with van der Waals surface area (Å²) in [6, 6.07) is 24.5. The zero-order valence-electron chi connectivity index (χ0n) is 16.1. The lowest BCUT2D eigenvalue weighted by Crippen LogP contribution is -2.36. The van der Waals surface area contributed by atoms with Crippen molar-refractivity contribution in [3.63, 3.8) is 0 Å². The smallest absolute Gasteiger partial charge is 0.134 e. The third kappa shape index (κ3) is 5.46. The molecule has 1 heterocycles. The van der Waals surface area contributed by atoms with Crippen molar-refractivity contribution in [3.8, 4) is 5.75 Å². The monoisotopic (exact) mass is 450 g/mol. The van der Waals surface area contributed by atoms with E-state index >= 15 is 0 Å². The normalized spacial score (nSPS) is 14.3. The molecule has 29 heavy (non-hydrogen) atoms. The minimum absolute atomic E-state index is 0.544. The first-order chi connectivity index (χ1) is 14.3. The molecule has 0 amide bonds. The van der Waals surface area contributed by atoms with Gasteiger partial charge >= 0.3 is 0 Å². The fraction of sp³-hybridized carbons (Fsp3) is 0.208. The van der Waals surface area contributed by atoms with Crippen molar-refractivity contribution in [1.82, 2.24) is 0 Å². The Labute approximate surface area is 179 Å². The van der Waals surface area contributed by atoms with E-state index in [4.69, 9.17) is 9.47 Å². The molecule has 0 bridgehead atoms. The molecule has 5 heteroatoms. The van der Waals surface area contributed by atoms with E-state index in [2.05, 4.69) is 50.1 Å². The molecule has 0 unspecified atom stereocenters. The van der Waals surface area contributed by atoms with Crippen LogP contribution in [0.3, 0.4) is 0 Å². The van der Waals surface area contributed by atoms with E-state index in [1.165, 1.54) is 5.69 Å². The summed E-state index contributed by atoms with van der Waals surface area (Å²) >= 11 is 3.60. The molecule has 1 aliphatic heterocycles. The average Bonchev–Trinajstić information content (AvgIpc) is 2.79. The highest BCUT2D eigenvalue weighted by molar-refractivity contribution is 9.10. The molecule has 3 aromatic rings. The number of aliphatic imine (C=N–C) groups is 1. The lowest BCUT2D eigenvalue weighted by atomic mass is 10.2. The van der Waals surface area contributed by atoms with Gasteiger partial charge in [-0.15, -0.1) is 0 Å². The van der Waals surface area contributed by atoms with Gasteiger partial charge in [-0.05, 0) is 69.5 Å². The topological polar surface area (TPSA) is 34.1 Å². The quantitative estimate of drug-likeness (QED) is 0.457. The number of ether oxygens (including phenoxy) is 2. The maximum Gasteiger partial charge on any atom is 0.134 e. The van der Waals surface area contributed by atoms with Gasteiger partial charge in [-0.3, -0.25) is 4.99 Å². The Morgan fingerprint density at radius 3 is 2.45 bits per heavy atom. The lowest BCUT2D eigenvalue weighted by Gasteiger charge is -2.28. The Morgan fingerprint density at radius 1 is 0.966 bits per heavy atom. The van der Waals surface area contributed by atoms with E-state index in [0.717, 1.165) is 53.3 Å². The predicted molar refractivity (Wildman–Crippen MR) is 122 cm³/mol. The van der Waals surface area contributed by atoms with Gasteiger partial charge in [0.1, 0.15) is 12.4 Å². The van der Waals surface area contributed by atoms with Crippen molar-refractivity contribution in [2.45, 2.75) is 6.61 Å². The Kier molecular flexibility index (Phi) is 6.60. The molecule has 0 spiro atoms. The third-order valence-electron chi connectivity index (χ3n) is 4.78. The molecular formula is C24H23BrN2O2. The van der Waals surface area contributed by atoms with E-state index in [9.17, 15) is 0 Å². The van der Waals surface area contributed by atoms with E-state index in [1.807, 2.05) is 54.7 Å². The van der Waals surface area contributed by atoms with Crippen LogP contribution < -0.4 is 9.64 Å². The fourth-order valence-corrected chi connectivity index (χ4v) is 3.68. The minimum atomic E-state index is 0.544. The minimum Gasteiger partial charge on any atom is -0.488 e. The maximum atomic E-state index is 5.91. The molecule has 0 atom stereocenters. The van der Waals surface area contributed by atoms with Gasteiger partial charge in [0.2, 0.25) is 0 Å². The van der Waals surface area contributed by atoms with Crippen molar-refractivity contribution in [1.29, 1.82) is 0 Å². The molecule has 1 fully saturated rings. The maximum absolute atomic E-state index is 5.91. The zero-order valence-corrected chi connectivity index (χ0v) is 17.7. The number of anilines is 1. The fourth-order valence-electron chi connectivity index (χ4n) is 3.17. The highest BCUT2D eigenvalue weighted by Crippen LogP contribution is 2.27. The van der Waals surface area contributed by atoms with Crippen LogP contribution in [0.4, 0.5) is 11.4 Å². The number of benzene rings is 3. The zero-order chi connectivity index (χ0) is 19.9. The first-order valence-corrected chi connectivity index (χ1v) is 10.5. The number of hydrogen-bond acceptors (Lipinski definition) is 4. The van der Waals surface area contributed by atoms with Crippen LogP contribution in [0.5, 0.6) is 5.75 Å². The largest absolute Gasteiger partial charge is 0.488 e. The summed E-state index contributed by atoms with van der Waals surface area (Å²) < 4.78 is 12.2. The Bertz CT molecular complexity index is 952. The van der Waals surface area contributed by atoms with E-state index in [1.54, 1.807) is 0 Å². The van der Waals surface area contributed by atoms with Gasteiger partial charge < -0.3 is 14.4 Å². The summed E-state index contributed by atoms with van der Waals surface area (Å²) in [4.78, 5) is 6.93. The molecule has 3 aromatic carbocycles. The number of halogens is 1. The van der Waals surface area contributed by atoms with Crippen molar-refractivity contribution < 1.29 is 9.47 Å². The summed E-state index contributed by atoms with van der Waals surface area (Å²) in [5, 5.41) is 0. The second kappa shape index (κ2) is 9.72. The molecule has 0 N–H and O–H groups in total.